The van der Waals surface area contributed by atoms with Gasteiger partial charge in [0.05, 0.1) is 15.9 Å². The fraction of sp³-hybridized carbons (Fsp3) is 0. The lowest BCUT2D eigenvalue weighted by Crippen LogP contribution is -2.29. The minimum atomic E-state index is -0.827. The van der Waals surface area contributed by atoms with Gasteiger partial charge >= 0.3 is 0 Å². The normalized spacial score (nSPS) is 12.8. The van der Waals surface area contributed by atoms with Crippen LogP contribution in [0, 0.1) is 20.2 Å². The monoisotopic (exact) mass is 446 g/mol. The predicted molar refractivity (Wildman–Crippen MR) is 117 cm³/mol. The molecule has 0 aliphatic heterocycles. The maximum Gasteiger partial charge on any atom is 0.299 e. The molecule has 11 nitrogen and oxygen atoms in total. The highest BCUT2D eigenvalue weighted by molar-refractivity contribution is 6.28. The lowest BCUT2D eigenvalue weighted by atomic mass is 9.90. The van der Waals surface area contributed by atoms with Crippen LogP contribution in [-0.4, -0.2) is 26.5 Å². The molecule has 0 atom stereocenters. The summed E-state index contributed by atoms with van der Waals surface area (Å²) in [5, 5.41) is 37.5. The van der Waals surface area contributed by atoms with Crippen LogP contribution in [0.1, 0.15) is 20.7 Å². The molecule has 0 amide bonds. The second kappa shape index (κ2) is 8.23. The number of ketones is 2. The number of non-ortho nitro benzene ring substituents is 1. The van der Waals surface area contributed by atoms with Gasteiger partial charge in [0.15, 0.2) is 0 Å². The molecule has 1 aliphatic rings. The molecule has 0 bridgehead atoms. The zero-order valence-corrected chi connectivity index (χ0v) is 16.6. The quantitative estimate of drug-likeness (QED) is 0.288. The summed E-state index contributed by atoms with van der Waals surface area (Å²) in [6.45, 7) is 0. The predicted octanol–water partition coefficient (Wildman–Crippen LogP) is 4.02. The molecule has 0 saturated heterocycles. The number of rotatable bonds is 6. The van der Waals surface area contributed by atoms with Crippen LogP contribution in [0.25, 0.3) is 0 Å². The van der Waals surface area contributed by atoms with Gasteiger partial charge in [0.25, 0.3) is 11.4 Å². The summed E-state index contributed by atoms with van der Waals surface area (Å²) >= 11 is 0. The first kappa shape index (κ1) is 21.2. The molecule has 0 heterocycles. The molecule has 0 fully saturated rings. The summed E-state index contributed by atoms with van der Waals surface area (Å²) < 4.78 is 0. The maximum atomic E-state index is 13.2. The standard InChI is InChI=1S/C22H14N4O7/c27-14-8-5-12(6-9-14)23-19-20(22(29)16-4-2-1-3-15(16)21(19)28)24-17-10-7-13(25(30)31)11-18(17)26(32)33/h1-11,23-24,27H. The lowest BCUT2D eigenvalue weighted by molar-refractivity contribution is -0.393. The zero-order valence-electron chi connectivity index (χ0n) is 16.6. The maximum absolute atomic E-state index is 13.2. The number of phenols is 1. The number of nitro groups is 2. The number of nitrogens with one attached hydrogen (secondary N) is 2. The third-order valence-corrected chi connectivity index (χ3v) is 4.91. The molecular formula is C22H14N4O7. The number of nitrogens with zero attached hydrogens (tertiary/aromatic N) is 2. The SMILES string of the molecule is O=C1C(Nc2ccc(O)cc2)=C(Nc2ccc([N+](=O)[O-])cc2[N+](=O)[O-])C(=O)c2ccccc21. The van der Waals surface area contributed by atoms with E-state index in [0.29, 0.717) is 5.69 Å². The number of carbonyl (C=O) groups excluding carboxylic acids is 2. The lowest BCUT2D eigenvalue weighted by Gasteiger charge is -2.23. The van der Waals surface area contributed by atoms with Crippen molar-refractivity contribution < 1.29 is 24.5 Å². The number of phenolic OH excluding ortho intramolecular Hbond substituents is 1. The van der Waals surface area contributed by atoms with Gasteiger partial charge in [-0.1, -0.05) is 24.3 Å². The summed E-state index contributed by atoms with van der Waals surface area (Å²) in [5.41, 5.74) is -1.15. The van der Waals surface area contributed by atoms with E-state index >= 15 is 0 Å². The Kier molecular flexibility index (Phi) is 5.28. The average molecular weight is 446 g/mol. The van der Waals surface area contributed by atoms with Gasteiger partial charge in [-0.15, -0.1) is 0 Å². The zero-order chi connectivity index (χ0) is 23.7. The first-order valence-corrected chi connectivity index (χ1v) is 9.45. The van der Waals surface area contributed by atoms with E-state index in [1.54, 1.807) is 12.1 Å². The average Bonchev–Trinajstić information content (AvgIpc) is 2.80. The molecule has 1 aliphatic carbocycles. The van der Waals surface area contributed by atoms with Gasteiger partial charge in [0.1, 0.15) is 22.8 Å². The Morgan fingerprint density at radius 2 is 1.30 bits per heavy atom. The fourth-order valence-electron chi connectivity index (χ4n) is 3.33. The van der Waals surface area contributed by atoms with Crippen molar-refractivity contribution in [2.45, 2.75) is 0 Å². The highest BCUT2D eigenvalue weighted by Gasteiger charge is 2.34. The number of Topliss-reactive ketones (excluding diaryl/α,β-unsaturated/α-hetero) is 2. The number of benzene rings is 3. The van der Waals surface area contributed by atoms with Gasteiger partial charge in [0, 0.05) is 22.9 Å². The van der Waals surface area contributed by atoms with Crippen LogP contribution >= 0.6 is 0 Å². The summed E-state index contributed by atoms with van der Waals surface area (Å²) in [6, 6.07) is 14.7. The summed E-state index contributed by atoms with van der Waals surface area (Å²) in [6.07, 6.45) is 0. The van der Waals surface area contributed by atoms with Gasteiger partial charge in [0.2, 0.25) is 11.6 Å². The Morgan fingerprint density at radius 3 is 1.85 bits per heavy atom. The van der Waals surface area contributed by atoms with Gasteiger partial charge in [-0.3, -0.25) is 29.8 Å². The second-order valence-corrected chi connectivity index (χ2v) is 6.97. The smallest absolute Gasteiger partial charge is 0.299 e. The number of carbonyl (C=O) groups is 2. The van der Waals surface area contributed by atoms with Gasteiger partial charge in [-0.2, -0.15) is 0 Å². The number of anilines is 2. The minimum absolute atomic E-state index is 0.00854. The second-order valence-electron chi connectivity index (χ2n) is 6.97. The third-order valence-electron chi connectivity index (χ3n) is 4.91. The first-order valence-electron chi connectivity index (χ1n) is 9.45. The van der Waals surface area contributed by atoms with Crippen molar-refractivity contribution in [2.75, 3.05) is 10.6 Å². The van der Waals surface area contributed by atoms with Gasteiger partial charge in [-0.05, 0) is 30.3 Å². The number of hydrogen-bond acceptors (Lipinski definition) is 9. The fourth-order valence-corrected chi connectivity index (χ4v) is 3.33. The van der Waals surface area contributed by atoms with Crippen molar-refractivity contribution >= 4 is 34.3 Å². The molecular weight excluding hydrogens is 432 g/mol. The van der Waals surface area contributed by atoms with Crippen LogP contribution in [0.2, 0.25) is 0 Å². The summed E-state index contributed by atoms with van der Waals surface area (Å²) in [5.74, 6) is -1.14. The van der Waals surface area contributed by atoms with E-state index < -0.39 is 32.8 Å². The molecule has 0 unspecified atom stereocenters. The van der Waals surface area contributed by atoms with E-state index in [9.17, 15) is 34.9 Å². The molecule has 0 aromatic heterocycles. The number of nitro benzene ring substituents is 2. The van der Waals surface area contributed by atoms with Crippen LogP contribution < -0.4 is 10.6 Å². The Balaban J connectivity index is 1.85. The molecule has 3 aromatic carbocycles. The van der Waals surface area contributed by atoms with Crippen molar-refractivity contribution in [3.8, 4) is 5.75 Å². The molecule has 3 N–H and O–H groups in total. The van der Waals surface area contributed by atoms with Crippen molar-refractivity contribution in [3.05, 3.63) is 109 Å². The summed E-state index contributed by atoms with van der Waals surface area (Å²) in [7, 11) is 0. The van der Waals surface area contributed by atoms with Crippen molar-refractivity contribution in [2.24, 2.45) is 0 Å². The molecule has 164 valence electrons. The van der Waals surface area contributed by atoms with Crippen LogP contribution in [0.3, 0.4) is 0 Å². The van der Waals surface area contributed by atoms with E-state index in [1.807, 2.05) is 0 Å². The van der Waals surface area contributed by atoms with Crippen molar-refractivity contribution in [1.82, 2.24) is 0 Å². The first-order chi connectivity index (χ1) is 15.8. The van der Waals surface area contributed by atoms with Crippen LogP contribution in [-0.2, 0) is 0 Å². The largest absolute Gasteiger partial charge is 0.508 e. The van der Waals surface area contributed by atoms with Gasteiger partial charge in [-0.25, -0.2) is 0 Å². The van der Waals surface area contributed by atoms with Crippen LogP contribution in [0.5, 0.6) is 5.75 Å². The van der Waals surface area contributed by atoms with E-state index in [0.717, 1.165) is 18.2 Å². The van der Waals surface area contributed by atoms with Gasteiger partial charge < -0.3 is 15.7 Å². The van der Waals surface area contributed by atoms with E-state index in [-0.39, 0.29) is 34.0 Å². The topological polar surface area (TPSA) is 165 Å². The van der Waals surface area contributed by atoms with Crippen molar-refractivity contribution in [3.63, 3.8) is 0 Å². The third kappa shape index (κ3) is 3.97. The molecule has 0 saturated carbocycles. The number of fused-ring (bicyclic) bond motifs is 1. The Bertz CT molecular complexity index is 1360. The van der Waals surface area contributed by atoms with E-state index in [2.05, 4.69) is 10.6 Å². The molecule has 11 heteroatoms. The number of aromatic hydroxyl groups is 1. The van der Waals surface area contributed by atoms with E-state index in [4.69, 9.17) is 0 Å². The Morgan fingerprint density at radius 1 is 0.727 bits per heavy atom. The molecule has 0 radical (unpaired) electrons. The summed E-state index contributed by atoms with van der Waals surface area (Å²) in [4.78, 5) is 47.4. The molecule has 4 rings (SSSR count). The Hall–Kier alpha value is -5.06. The van der Waals surface area contributed by atoms with Crippen molar-refractivity contribution in [1.29, 1.82) is 0 Å². The molecule has 33 heavy (non-hydrogen) atoms. The molecule has 3 aromatic rings. The highest BCUT2D eigenvalue weighted by atomic mass is 16.6. The highest BCUT2D eigenvalue weighted by Crippen LogP contribution is 2.34. The minimum Gasteiger partial charge on any atom is -0.508 e. The van der Waals surface area contributed by atoms with Crippen LogP contribution in [0.15, 0.2) is 78.1 Å². The molecule has 0 spiro atoms. The number of allylic oxidation sites excluding steroid dienone is 2. The van der Waals surface area contributed by atoms with E-state index in [1.165, 1.54) is 36.4 Å². The number of hydrogen-bond donors (Lipinski definition) is 3. The van der Waals surface area contributed by atoms with Crippen LogP contribution in [0.4, 0.5) is 22.7 Å². The Labute approximate surface area is 185 Å².